The van der Waals surface area contributed by atoms with Crippen LogP contribution in [0.3, 0.4) is 0 Å². The highest BCUT2D eigenvalue weighted by Gasteiger charge is 2.08. The topological polar surface area (TPSA) is 35.5 Å². The Kier molecular flexibility index (Phi) is 9.34. The van der Waals surface area contributed by atoms with E-state index in [2.05, 4.69) is 6.92 Å². The van der Waals surface area contributed by atoms with Crippen LogP contribution in [-0.2, 0) is 11.2 Å². The number of carbonyl (C=O) groups is 1. The first-order chi connectivity index (χ1) is 10.3. The molecule has 0 aliphatic heterocycles. The number of rotatable bonds is 10. The maximum atomic E-state index is 11.6. The molecule has 1 aromatic carbocycles. The first kappa shape index (κ1) is 17.5. The predicted octanol–water partition coefficient (Wildman–Crippen LogP) is 5.52. The van der Waals surface area contributed by atoms with E-state index in [1.54, 1.807) is 6.07 Å². The number of hydrogen-bond donors (Lipinski definition) is 0. The molecule has 0 saturated heterocycles. The Balaban J connectivity index is 2.11. The molecule has 1 aromatic rings. The van der Waals surface area contributed by atoms with Crippen LogP contribution in [0.4, 0.5) is 4.79 Å². The summed E-state index contributed by atoms with van der Waals surface area (Å²) in [7, 11) is 0. The van der Waals surface area contributed by atoms with Crippen molar-refractivity contribution in [1.82, 2.24) is 0 Å². The standard InChI is InChI=1S/C18H28O3/c1-3-5-6-7-8-9-12-15-20-18(19)21-17-14-11-10-13-16(17)4-2/h10-11,13-14H,3-9,12,15H2,1-2H3. The average molecular weight is 292 g/mol. The third-order valence-electron chi connectivity index (χ3n) is 3.51. The minimum absolute atomic E-state index is 0.445. The summed E-state index contributed by atoms with van der Waals surface area (Å²) >= 11 is 0. The molecule has 0 atom stereocenters. The van der Waals surface area contributed by atoms with E-state index in [0.29, 0.717) is 12.4 Å². The van der Waals surface area contributed by atoms with Gasteiger partial charge in [0.05, 0.1) is 6.61 Å². The van der Waals surface area contributed by atoms with Crippen LogP contribution >= 0.6 is 0 Å². The lowest BCUT2D eigenvalue weighted by Crippen LogP contribution is -2.12. The smallest absolute Gasteiger partial charge is 0.434 e. The zero-order chi connectivity index (χ0) is 15.3. The van der Waals surface area contributed by atoms with Crippen molar-refractivity contribution in [3.05, 3.63) is 29.8 Å². The Morgan fingerprint density at radius 3 is 2.33 bits per heavy atom. The van der Waals surface area contributed by atoms with Crippen molar-refractivity contribution in [3.63, 3.8) is 0 Å². The Labute approximate surface area is 128 Å². The molecular formula is C18H28O3. The molecule has 0 unspecified atom stereocenters. The second kappa shape index (κ2) is 11.2. The van der Waals surface area contributed by atoms with Gasteiger partial charge in [-0.05, 0) is 24.5 Å². The van der Waals surface area contributed by atoms with E-state index >= 15 is 0 Å². The van der Waals surface area contributed by atoms with Gasteiger partial charge < -0.3 is 9.47 Å². The highest BCUT2D eigenvalue weighted by molar-refractivity contribution is 5.64. The van der Waals surface area contributed by atoms with Crippen molar-refractivity contribution in [2.24, 2.45) is 0 Å². The summed E-state index contributed by atoms with van der Waals surface area (Å²) in [6, 6.07) is 7.56. The van der Waals surface area contributed by atoms with Crippen LogP contribution in [0.5, 0.6) is 5.75 Å². The average Bonchev–Trinajstić information content (AvgIpc) is 2.50. The molecule has 0 aliphatic carbocycles. The number of ether oxygens (including phenoxy) is 2. The molecule has 3 nitrogen and oxygen atoms in total. The van der Waals surface area contributed by atoms with Crippen molar-refractivity contribution < 1.29 is 14.3 Å². The Hall–Kier alpha value is -1.51. The summed E-state index contributed by atoms with van der Waals surface area (Å²) in [5, 5.41) is 0. The summed E-state index contributed by atoms with van der Waals surface area (Å²) in [6.45, 7) is 4.70. The number of para-hydroxylation sites is 1. The summed E-state index contributed by atoms with van der Waals surface area (Å²) < 4.78 is 10.3. The number of aryl methyl sites for hydroxylation is 1. The van der Waals surface area contributed by atoms with Crippen LogP contribution in [0.2, 0.25) is 0 Å². The van der Waals surface area contributed by atoms with E-state index < -0.39 is 6.16 Å². The van der Waals surface area contributed by atoms with Crippen molar-refractivity contribution >= 4 is 6.16 Å². The molecule has 0 aromatic heterocycles. The van der Waals surface area contributed by atoms with Gasteiger partial charge in [0.1, 0.15) is 5.75 Å². The van der Waals surface area contributed by atoms with Gasteiger partial charge in [-0.15, -0.1) is 0 Å². The molecule has 0 spiro atoms. The number of benzene rings is 1. The van der Waals surface area contributed by atoms with Crippen molar-refractivity contribution in [2.75, 3.05) is 6.61 Å². The first-order valence-corrected chi connectivity index (χ1v) is 8.20. The summed E-state index contributed by atoms with van der Waals surface area (Å²) in [5.41, 5.74) is 1.02. The van der Waals surface area contributed by atoms with E-state index in [9.17, 15) is 4.79 Å². The molecule has 1 rings (SSSR count). The maximum absolute atomic E-state index is 11.6. The zero-order valence-electron chi connectivity index (χ0n) is 13.4. The SMILES string of the molecule is CCCCCCCCCOC(=O)Oc1ccccc1CC. The van der Waals surface area contributed by atoms with E-state index in [0.717, 1.165) is 24.8 Å². The molecule has 0 fully saturated rings. The van der Waals surface area contributed by atoms with Crippen LogP contribution in [-0.4, -0.2) is 12.8 Å². The monoisotopic (exact) mass is 292 g/mol. The van der Waals surface area contributed by atoms with Crippen LogP contribution in [0.25, 0.3) is 0 Å². The molecule has 0 saturated carbocycles. The number of hydrogen-bond acceptors (Lipinski definition) is 3. The maximum Gasteiger partial charge on any atom is 0.513 e. The molecule has 3 heteroatoms. The second-order valence-electron chi connectivity index (χ2n) is 5.28. The fraction of sp³-hybridized carbons (Fsp3) is 0.611. The third-order valence-corrected chi connectivity index (χ3v) is 3.51. The van der Waals surface area contributed by atoms with Gasteiger partial charge in [0.15, 0.2) is 0 Å². The summed E-state index contributed by atoms with van der Waals surface area (Å²) in [4.78, 5) is 11.6. The van der Waals surface area contributed by atoms with Crippen molar-refractivity contribution in [2.45, 2.75) is 65.2 Å². The van der Waals surface area contributed by atoms with E-state index in [4.69, 9.17) is 9.47 Å². The van der Waals surface area contributed by atoms with Crippen LogP contribution < -0.4 is 4.74 Å². The Bertz CT molecular complexity index is 401. The molecular weight excluding hydrogens is 264 g/mol. The van der Waals surface area contributed by atoms with Gasteiger partial charge in [-0.25, -0.2) is 4.79 Å². The van der Waals surface area contributed by atoms with E-state index in [1.165, 1.54) is 32.1 Å². The van der Waals surface area contributed by atoms with Crippen LogP contribution in [0.15, 0.2) is 24.3 Å². The second-order valence-corrected chi connectivity index (χ2v) is 5.28. The molecule has 0 amide bonds. The zero-order valence-corrected chi connectivity index (χ0v) is 13.4. The van der Waals surface area contributed by atoms with Gasteiger partial charge >= 0.3 is 6.16 Å². The van der Waals surface area contributed by atoms with Crippen molar-refractivity contribution in [3.8, 4) is 5.75 Å². The molecule has 21 heavy (non-hydrogen) atoms. The molecule has 0 radical (unpaired) electrons. The van der Waals surface area contributed by atoms with Crippen LogP contribution in [0, 0.1) is 0 Å². The molecule has 0 heterocycles. The largest absolute Gasteiger partial charge is 0.513 e. The summed E-state index contributed by atoms with van der Waals surface area (Å²) in [5.74, 6) is 0.601. The third kappa shape index (κ3) is 7.74. The van der Waals surface area contributed by atoms with Gasteiger partial charge in [0.25, 0.3) is 0 Å². The highest BCUT2D eigenvalue weighted by atomic mass is 16.7. The summed E-state index contributed by atoms with van der Waals surface area (Å²) in [6.07, 6.45) is 8.67. The lowest BCUT2D eigenvalue weighted by molar-refractivity contribution is 0.0969. The molecule has 0 aliphatic rings. The van der Waals surface area contributed by atoms with E-state index in [1.807, 2.05) is 25.1 Å². The Morgan fingerprint density at radius 1 is 0.952 bits per heavy atom. The number of carbonyl (C=O) groups excluding carboxylic acids is 1. The number of unbranched alkanes of at least 4 members (excludes halogenated alkanes) is 6. The van der Waals surface area contributed by atoms with Gasteiger partial charge in [0.2, 0.25) is 0 Å². The van der Waals surface area contributed by atoms with Crippen molar-refractivity contribution in [1.29, 1.82) is 0 Å². The molecule has 0 N–H and O–H groups in total. The van der Waals surface area contributed by atoms with E-state index in [-0.39, 0.29) is 0 Å². The quantitative estimate of drug-likeness (QED) is 0.324. The molecule has 0 bridgehead atoms. The van der Waals surface area contributed by atoms with Gasteiger partial charge in [-0.2, -0.15) is 0 Å². The van der Waals surface area contributed by atoms with Gasteiger partial charge in [-0.3, -0.25) is 0 Å². The fourth-order valence-corrected chi connectivity index (χ4v) is 2.23. The van der Waals surface area contributed by atoms with Gasteiger partial charge in [0, 0.05) is 0 Å². The predicted molar refractivity (Wildman–Crippen MR) is 85.8 cm³/mol. The highest BCUT2D eigenvalue weighted by Crippen LogP contribution is 2.18. The lowest BCUT2D eigenvalue weighted by atomic mass is 10.1. The molecule has 118 valence electrons. The minimum Gasteiger partial charge on any atom is -0.434 e. The minimum atomic E-state index is -0.595. The van der Waals surface area contributed by atoms with Crippen LogP contribution in [0.1, 0.15) is 64.4 Å². The normalized spacial score (nSPS) is 10.4. The van der Waals surface area contributed by atoms with Gasteiger partial charge in [-0.1, -0.05) is 70.6 Å². The lowest BCUT2D eigenvalue weighted by Gasteiger charge is -2.09. The first-order valence-electron chi connectivity index (χ1n) is 8.20. The fourth-order valence-electron chi connectivity index (χ4n) is 2.23. The Morgan fingerprint density at radius 2 is 1.62 bits per heavy atom.